The Labute approximate surface area is 130 Å². The molecule has 0 atom stereocenters. The van der Waals surface area contributed by atoms with Crippen LogP contribution in [-0.2, 0) is 6.61 Å². The smallest absolute Gasteiger partial charge is 0.301 e. The van der Waals surface area contributed by atoms with Gasteiger partial charge in [0.25, 0.3) is 5.69 Å². The van der Waals surface area contributed by atoms with Crippen LogP contribution in [0.15, 0.2) is 47.6 Å². The molecule has 0 aliphatic carbocycles. The number of nitrogens with one attached hydrogen (secondary N) is 1. The van der Waals surface area contributed by atoms with Crippen LogP contribution < -0.4 is 5.43 Å². The molecule has 0 saturated carbocycles. The topological polar surface area (TPSA) is 131 Å². The lowest BCUT2D eigenvalue weighted by molar-refractivity contribution is -0.393. The number of rotatable bonds is 6. The second-order valence-electron chi connectivity index (χ2n) is 4.49. The molecule has 0 saturated heterocycles. The molecule has 0 aliphatic heterocycles. The van der Waals surface area contributed by atoms with Crippen LogP contribution in [0.5, 0.6) is 0 Å². The van der Waals surface area contributed by atoms with Gasteiger partial charge in [-0.25, -0.2) is 0 Å². The Hall–Kier alpha value is -3.33. The number of hydrogen-bond donors (Lipinski definition) is 2. The molecule has 2 aromatic rings. The fraction of sp³-hybridized carbons (Fsp3) is 0.0714. The molecule has 0 fully saturated rings. The molecule has 0 aliphatic rings. The number of benzene rings is 2. The number of nitro benzene ring substituents is 2. The Morgan fingerprint density at radius 1 is 1.09 bits per heavy atom. The minimum absolute atomic E-state index is 0.0452. The zero-order valence-corrected chi connectivity index (χ0v) is 11.7. The molecule has 2 N–H and O–H groups in total. The van der Waals surface area contributed by atoms with Crippen LogP contribution in [0, 0.1) is 20.2 Å². The van der Waals surface area contributed by atoms with E-state index in [0.717, 1.165) is 23.3 Å². The summed E-state index contributed by atoms with van der Waals surface area (Å²) >= 11 is 0. The second-order valence-corrected chi connectivity index (χ2v) is 4.49. The molecule has 0 spiro atoms. The van der Waals surface area contributed by atoms with Gasteiger partial charge in [0.05, 0.1) is 28.7 Å². The summed E-state index contributed by atoms with van der Waals surface area (Å²) in [5.41, 5.74) is 3.20. The first-order valence-corrected chi connectivity index (χ1v) is 6.43. The zero-order valence-electron chi connectivity index (χ0n) is 11.7. The SMILES string of the molecule is O=[N+]([O-])c1ccc(N/N=C\c2ccc(CO)cc2)c([N+](=O)[O-])c1. The average Bonchev–Trinajstić information content (AvgIpc) is 2.55. The van der Waals surface area contributed by atoms with Crippen molar-refractivity contribution in [3.05, 3.63) is 73.8 Å². The van der Waals surface area contributed by atoms with E-state index in [1.54, 1.807) is 24.3 Å². The van der Waals surface area contributed by atoms with E-state index < -0.39 is 15.5 Å². The fourth-order valence-electron chi connectivity index (χ4n) is 1.76. The van der Waals surface area contributed by atoms with E-state index in [9.17, 15) is 20.2 Å². The summed E-state index contributed by atoms with van der Waals surface area (Å²) in [5.74, 6) is 0. The van der Waals surface area contributed by atoms with Gasteiger partial charge in [0.15, 0.2) is 0 Å². The van der Waals surface area contributed by atoms with Crippen LogP contribution in [0.1, 0.15) is 11.1 Å². The van der Waals surface area contributed by atoms with Crippen molar-refractivity contribution < 1.29 is 15.0 Å². The van der Waals surface area contributed by atoms with E-state index in [1.807, 2.05) is 0 Å². The molecule has 0 heterocycles. The summed E-state index contributed by atoms with van der Waals surface area (Å²) in [4.78, 5) is 20.2. The van der Waals surface area contributed by atoms with Gasteiger partial charge in [-0.3, -0.25) is 25.7 Å². The molecular weight excluding hydrogens is 304 g/mol. The first kappa shape index (κ1) is 16.0. The maximum absolute atomic E-state index is 11.0. The standard InChI is InChI=1S/C14H12N4O5/c19-9-11-3-1-10(2-4-11)8-15-16-13-6-5-12(17(20)21)7-14(13)18(22)23/h1-8,16,19H,9H2/b15-8-. The Morgan fingerprint density at radius 2 is 1.78 bits per heavy atom. The van der Waals surface area contributed by atoms with E-state index in [1.165, 1.54) is 12.3 Å². The van der Waals surface area contributed by atoms with Crippen LogP contribution >= 0.6 is 0 Å². The van der Waals surface area contributed by atoms with Gasteiger partial charge in [-0.1, -0.05) is 24.3 Å². The Morgan fingerprint density at radius 3 is 2.35 bits per heavy atom. The first-order valence-electron chi connectivity index (χ1n) is 6.43. The van der Waals surface area contributed by atoms with Crippen molar-refractivity contribution in [3.63, 3.8) is 0 Å². The lowest BCUT2D eigenvalue weighted by Crippen LogP contribution is -1.98. The monoisotopic (exact) mass is 316 g/mol. The predicted octanol–water partition coefficient (Wildman–Crippen LogP) is 2.44. The predicted molar refractivity (Wildman–Crippen MR) is 83.3 cm³/mol. The van der Waals surface area contributed by atoms with Gasteiger partial charge < -0.3 is 5.11 Å². The maximum Gasteiger partial charge on any atom is 0.301 e. The molecule has 2 rings (SSSR count). The number of hydrazone groups is 1. The van der Waals surface area contributed by atoms with Crippen molar-refractivity contribution in [2.24, 2.45) is 5.10 Å². The zero-order chi connectivity index (χ0) is 16.8. The third kappa shape index (κ3) is 4.08. The van der Waals surface area contributed by atoms with Gasteiger partial charge in [-0.2, -0.15) is 5.10 Å². The molecule has 0 aromatic heterocycles. The van der Waals surface area contributed by atoms with Crippen LogP contribution in [0.4, 0.5) is 17.1 Å². The van der Waals surface area contributed by atoms with Crippen molar-refractivity contribution >= 4 is 23.3 Å². The van der Waals surface area contributed by atoms with Crippen molar-refractivity contribution in [1.82, 2.24) is 0 Å². The van der Waals surface area contributed by atoms with Gasteiger partial charge in [0.1, 0.15) is 5.69 Å². The molecule has 9 nitrogen and oxygen atoms in total. The molecule has 0 unspecified atom stereocenters. The van der Waals surface area contributed by atoms with E-state index in [0.29, 0.717) is 0 Å². The Balaban J connectivity index is 2.17. The highest BCUT2D eigenvalue weighted by Crippen LogP contribution is 2.28. The lowest BCUT2D eigenvalue weighted by Gasteiger charge is -2.02. The Bertz CT molecular complexity index is 758. The number of nitrogens with zero attached hydrogens (tertiary/aromatic N) is 3. The molecular formula is C14H12N4O5. The molecule has 118 valence electrons. The first-order chi connectivity index (χ1) is 11.0. The van der Waals surface area contributed by atoms with Crippen molar-refractivity contribution in [1.29, 1.82) is 0 Å². The van der Waals surface area contributed by atoms with E-state index >= 15 is 0 Å². The van der Waals surface area contributed by atoms with E-state index in [4.69, 9.17) is 5.11 Å². The minimum atomic E-state index is -0.721. The quantitative estimate of drug-likeness (QED) is 0.478. The summed E-state index contributed by atoms with van der Waals surface area (Å²) in [6, 6.07) is 10.1. The normalized spacial score (nSPS) is 10.7. The highest BCUT2D eigenvalue weighted by Gasteiger charge is 2.18. The van der Waals surface area contributed by atoms with Gasteiger partial charge in [-0.05, 0) is 17.2 Å². The average molecular weight is 316 g/mol. The molecule has 0 bridgehead atoms. The van der Waals surface area contributed by atoms with Crippen LogP contribution in [0.25, 0.3) is 0 Å². The van der Waals surface area contributed by atoms with E-state index in [2.05, 4.69) is 10.5 Å². The molecule has 23 heavy (non-hydrogen) atoms. The fourth-order valence-corrected chi connectivity index (χ4v) is 1.76. The van der Waals surface area contributed by atoms with Gasteiger partial charge in [0.2, 0.25) is 0 Å². The van der Waals surface area contributed by atoms with Crippen LogP contribution in [-0.4, -0.2) is 21.2 Å². The summed E-state index contributed by atoms with van der Waals surface area (Å²) in [5, 5.41) is 34.4. The number of aliphatic hydroxyl groups excluding tert-OH is 1. The number of aliphatic hydroxyl groups is 1. The van der Waals surface area contributed by atoms with E-state index in [-0.39, 0.29) is 18.0 Å². The molecule has 9 heteroatoms. The summed E-state index contributed by atoms with van der Waals surface area (Å²) < 4.78 is 0. The number of non-ortho nitro benzene ring substituents is 1. The summed E-state index contributed by atoms with van der Waals surface area (Å²) in [6.45, 7) is -0.0648. The van der Waals surface area contributed by atoms with Crippen molar-refractivity contribution in [2.45, 2.75) is 6.61 Å². The molecule has 0 amide bonds. The second kappa shape index (κ2) is 7.09. The number of anilines is 1. The van der Waals surface area contributed by atoms with Crippen LogP contribution in [0.2, 0.25) is 0 Å². The number of hydrogen-bond acceptors (Lipinski definition) is 7. The van der Waals surface area contributed by atoms with Gasteiger partial charge in [-0.15, -0.1) is 0 Å². The minimum Gasteiger partial charge on any atom is -0.392 e. The third-order valence-corrected chi connectivity index (χ3v) is 2.95. The van der Waals surface area contributed by atoms with Crippen molar-refractivity contribution in [3.8, 4) is 0 Å². The Kier molecular flexibility index (Phi) is 4.95. The summed E-state index contributed by atoms with van der Waals surface area (Å²) in [6.07, 6.45) is 1.44. The number of nitro groups is 2. The van der Waals surface area contributed by atoms with Gasteiger partial charge >= 0.3 is 5.69 Å². The molecule has 2 aromatic carbocycles. The molecule has 0 radical (unpaired) electrons. The lowest BCUT2D eigenvalue weighted by atomic mass is 10.1. The highest BCUT2D eigenvalue weighted by atomic mass is 16.6. The third-order valence-electron chi connectivity index (χ3n) is 2.95. The largest absolute Gasteiger partial charge is 0.392 e. The highest BCUT2D eigenvalue weighted by molar-refractivity contribution is 5.80. The van der Waals surface area contributed by atoms with Gasteiger partial charge in [0, 0.05) is 6.07 Å². The summed E-state index contributed by atoms with van der Waals surface area (Å²) in [7, 11) is 0. The maximum atomic E-state index is 11.0. The van der Waals surface area contributed by atoms with Crippen LogP contribution in [0.3, 0.4) is 0 Å². The van der Waals surface area contributed by atoms with Crippen molar-refractivity contribution in [2.75, 3.05) is 5.43 Å².